The van der Waals surface area contributed by atoms with E-state index in [0.29, 0.717) is 11.1 Å². The summed E-state index contributed by atoms with van der Waals surface area (Å²) in [6, 6.07) is 9.97. The molecule has 0 aliphatic carbocycles. The van der Waals surface area contributed by atoms with Crippen LogP contribution >= 0.6 is 0 Å². The molecule has 0 spiro atoms. The average molecular weight is 355 g/mol. The van der Waals surface area contributed by atoms with Crippen LogP contribution < -0.4 is 5.32 Å². The van der Waals surface area contributed by atoms with Gasteiger partial charge in [-0.05, 0) is 43.2 Å². The highest BCUT2D eigenvalue weighted by molar-refractivity contribution is 5.94. The number of amides is 1. The van der Waals surface area contributed by atoms with Gasteiger partial charge in [0, 0.05) is 18.0 Å². The molecule has 2 rings (SSSR count). The molecule has 1 heterocycles. The molecule has 7 heteroatoms. The van der Waals surface area contributed by atoms with Crippen molar-refractivity contribution >= 4 is 5.91 Å². The lowest BCUT2D eigenvalue weighted by Crippen LogP contribution is -2.32. The van der Waals surface area contributed by atoms with Crippen molar-refractivity contribution in [3.63, 3.8) is 0 Å². The fraction of sp³-hybridized carbons (Fsp3) is 0.389. The van der Waals surface area contributed by atoms with Crippen LogP contribution in [0.4, 0.5) is 13.2 Å². The molecule has 0 saturated carbocycles. The summed E-state index contributed by atoms with van der Waals surface area (Å²) in [6.07, 6.45) is -1.27. The molecule has 1 amide bonds. The maximum Gasteiger partial charge on any atom is 0.411 e. The number of halogens is 3. The number of carbonyl (C=O) groups is 1. The summed E-state index contributed by atoms with van der Waals surface area (Å²) in [5.41, 5.74) is 1.02. The predicted molar refractivity (Wildman–Crippen MR) is 86.1 cm³/mol. The van der Waals surface area contributed by atoms with Gasteiger partial charge in [-0.2, -0.15) is 13.2 Å². The van der Waals surface area contributed by atoms with Gasteiger partial charge in [-0.1, -0.05) is 12.1 Å². The second kappa shape index (κ2) is 8.71. The highest BCUT2D eigenvalue weighted by Crippen LogP contribution is 2.16. The highest BCUT2D eigenvalue weighted by atomic mass is 19.4. The molecule has 0 bridgehead atoms. The normalized spacial score (nSPS) is 12.8. The summed E-state index contributed by atoms with van der Waals surface area (Å²) in [5, 5.41) is 2.88. The molecule has 0 aliphatic heterocycles. The number of benzene rings is 1. The van der Waals surface area contributed by atoms with E-state index in [2.05, 4.69) is 10.1 Å². The molecule has 136 valence electrons. The zero-order valence-electron chi connectivity index (χ0n) is 13.8. The summed E-state index contributed by atoms with van der Waals surface area (Å²) in [5.74, 6) is 0.638. The third-order valence-electron chi connectivity index (χ3n) is 3.53. The van der Waals surface area contributed by atoms with Gasteiger partial charge in [0.15, 0.2) is 0 Å². The number of hydrogen-bond acceptors (Lipinski definition) is 3. The maximum absolute atomic E-state index is 12.2. The van der Waals surface area contributed by atoms with Crippen LogP contribution in [-0.2, 0) is 17.8 Å². The van der Waals surface area contributed by atoms with E-state index in [1.165, 1.54) is 0 Å². The van der Waals surface area contributed by atoms with Gasteiger partial charge in [0.05, 0.1) is 12.9 Å². The molecule has 1 aromatic carbocycles. The number of rotatable bonds is 8. The van der Waals surface area contributed by atoms with Crippen molar-refractivity contribution in [3.05, 3.63) is 59.5 Å². The predicted octanol–water partition coefficient (Wildman–Crippen LogP) is 4.11. The van der Waals surface area contributed by atoms with Crippen molar-refractivity contribution in [1.82, 2.24) is 5.32 Å². The van der Waals surface area contributed by atoms with Crippen molar-refractivity contribution in [3.8, 4) is 0 Å². The van der Waals surface area contributed by atoms with E-state index < -0.39 is 12.8 Å². The number of ether oxygens (including phenoxy) is 1. The lowest BCUT2D eigenvalue weighted by molar-refractivity contribution is -0.176. The monoisotopic (exact) mass is 355 g/mol. The second-order valence-electron chi connectivity index (χ2n) is 5.80. The fourth-order valence-corrected chi connectivity index (χ4v) is 2.23. The Kier molecular flexibility index (Phi) is 6.64. The van der Waals surface area contributed by atoms with E-state index in [0.717, 1.165) is 18.6 Å². The first kappa shape index (κ1) is 19.1. The molecule has 1 unspecified atom stereocenters. The smallest absolute Gasteiger partial charge is 0.411 e. The Morgan fingerprint density at radius 2 is 1.96 bits per heavy atom. The summed E-state index contributed by atoms with van der Waals surface area (Å²) in [7, 11) is 0. The van der Waals surface area contributed by atoms with Crippen LogP contribution in [0.3, 0.4) is 0 Å². The topological polar surface area (TPSA) is 51.5 Å². The SMILES string of the molecule is CC(CCc1ccco1)NC(=O)c1ccc(COCC(F)(F)F)cc1. The van der Waals surface area contributed by atoms with Crippen molar-refractivity contribution in [1.29, 1.82) is 0 Å². The molecule has 1 N–H and O–H groups in total. The molecule has 1 atom stereocenters. The molecule has 2 aromatic rings. The molecule has 0 saturated heterocycles. The summed E-state index contributed by atoms with van der Waals surface area (Å²) in [4.78, 5) is 12.2. The zero-order valence-corrected chi connectivity index (χ0v) is 13.8. The molecule has 0 fully saturated rings. The Balaban J connectivity index is 1.77. The number of hydrogen-bond donors (Lipinski definition) is 1. The van der Waals surface area contributed by atoms with Crippen LogP contribution in [0.1, 0.15) is 35.0 Å². The van der Waals surface area contributed by atoms with Gasteiger partial charge >= 0.3 is 6.18 Å². The van der Waals surface area contributed by atoms with Crippen molar-refractivity contribution in [2.45, 2.75) is 38.6 Å². The number of aryl methyl sites for hydroxylation is 1. The van der Waals surface area contributed by atoms with E-state index in [1.807, 2.05) is 19.1 Å². The molecule has 25 heavy (non-hydrogen) atoms. The second-order valence-corrected chi connectivity index (χ2v) is 5.80. The van der Waals surface area contributed by atoms with Crippen LogP contribution in [-0.4, -0.2) is 24.7 Å². The Bertz CT molecular complexity index is 651. The summed E-state index contributed by atoms with van der Waals surface area (Å²) < 4.78 is 45.9. The molecular weight excluding hydrogens is 335 g/mol. The lowest BCUT2D eigenvalue weighted by Gasteiger charge is -2.13. The minimum absolute atomic E-state index is 0.0348. The third-order valence-corrected chi connectivity index (χ3v) is 3.53. The Hall–Kier alpha value is -2.28. The molecule has 0 aliphatic rings. The van der Waals surface area contributed by atoms with Crippen LogP contribution in [0.2, 0.25) is 0 Å². The van der Waals surface area contributed by atoms with Crippen molar-refractivity contribution in [2.24, 2.45) is 0 Å². The zero-order chi connectivity index (χ0) is 18.3. The number of carbonyl (C=O) groups excluding carboxylic acids is 1. The minimum Gasteiger partial charge on any atom is -0.469 e. The molecule has 1 aromatic heterocycles. The molecular formula is C18H20F3NO3. The van der Waals surface area contributed by atoms with Crippen LogP contribution in [0, 0.1) is 0 Å². The molecule has 0 radical (unpaired) electrons. The van der Waals surface area contributed by atoms with Gasteiger partial charge in [0.25, 0.3) is 5.91 Å². The first-order chi connectivity index (χ1) is 11.8. The van der Waals surface area contributed by atoms with Gasteiger partial charge in [0.1, 0.15) is 12.4 Å². The van der Waals surface area contributed by atoms with Crippen molar-refractivity contribution < 1.29 is 27.1 Å². The van der Waals surface area contributed by atoms with Gasteiger partial charge in [-0.25, -0.2) is 0 Å². The van der Waals surface area contributed by atoms with Crippen LogP contribution in [0.25, 0.3) is 0 Å². The number of nitrogens with one attached hydrogen (secondary N) is 1. The van der Waals surface area contributed by atoms with Gasteiger partial charge < -0.3 is 14.5 Å². The van der Waals surface area contributed by atoms with E-state index in [9.17, 15) is 18.0 Å². The Morgan fingerprint density at radius 3 is 2.56 bits per heavy atom. The number of alkyl halides is 3. The van der Waals surface area contributed by atoms with E-state index in [1.54, 1.807) is 30.5 Å². The van der Waals surface area contributed by atoms with Gasteiger partial charge in [-0.3, -0.25) is 4.79 Å². The standard InChI is InChI=1S/C18H20F3NO3/c1-13(4-9-16-3-2-10-25-16)22-17(23)15-7-5-14(6-8-15)11-24-12-18(19,20)21/h2-3,5-8,10,13H,4,9,11-12H2,1H3,(H,22,23). The summed E-state index contributed by atoms with van der Waals surface area (Å²) >= 11 is 0. The lowest BCUT2D eigenvalue weighted by atomic mass is 10.1. The summed E-state index contributed by atoms with van der Waals surface area (Å²) in [6.45, 7) is 0.462. The third kappa shape index (κ3) is 7.01. The van der Waals surface area contributed by atoms with Crippen molar-refractivity contribution in [2.75, 3.05) is 6.61 Å². The van der Waals surface area contributed by atoms with E-state index in [-0.39, 0.29) is 18.6 Å². The molecule has 4 nitrogen and oxygen atoms in total. The van der Waals surface area contributed by atoms with Crippen LogP contribution in [0.5, 0.6) is 0 Å². The quantitative estimate of drug-likeness (QED) is 0.775. The minimum atomic E-state index is -4.34. The first-order valence-corrected chi connectivity index (χ1v) is 7.90. The largest absolute Gasteiger partial charge is 0.469 e. The highest BCUT2D eigenvalue weighted by Gasteiger charge is 2.27. The Labute approximate surface area is 144 Å². The van der Waals surface area contributed by atoms with Crippen LogP contribution in [0.15, 0.2) is 47.1 Å². The van der Waals surface area contributed by atoms with Gasteiger partial charge in [-0.15, -0.1) is 0 Å². The maximum atomic E-state index is 12.2. The Morgan fingerprint density at radius 1 is 1.24 bits per heavy atom. The van der Waals surface area contributed by atoms with E-state index >= 15 is 0 Å². The average Bonchev–Trinajstić information content (AvgIpc) is 3.06. The fourth-order valence-electron chi connectivity index (χ4n) is 2.23. The number of furan rings is 1. The van der Waals surface area contributed by atoms with E-state index in [4.69, 9.17) is 4.42 Å². The van der Waals surface area contributed by atoms with Gasteiger partial charge in [0.2, 0.25) is 0 Å². The first-order valence-electron chi connectivity index (χ1n) is 7.90.